The van der Waals surface area contributed by atoms with Crippen LogP contribution in [-0.2, 0) is 0 Å². The highest BCUT2D eigenvalue weighted by atomic mass is 35.5. The van der Waals surface area contributed by atoms with Gasteiger partial charge in [-0.3, -0.25) is 5.01 Å². The first-order chi connectivity index (χ1) is 13.6. The molecule has 2 atom stereocenters. The van der Waals surface area contributed by atoms with Crippen molar-refractivity contribution in [3.63, 3.8) is 0 Å². The number of hydrogen-bond donors (Lipinski definition) is 1. The highest BCUT2D eigenvalue weighted by Crippen LogP contribution is 2.44. The van der Waals surface area contributed by atoms with Gasteiger partial charge in [0.05, 0.1) is 22.4 Å². The van der Waals surface area contributed by atoms with Gasteiger partial charge in [0.1, 0.15) is 5.82 Å². The number of nitrogens with one attached hydrogen (secondary N) is 1. The molecule has 0 bridgehead atoms. The van der Waals surface area contributed by atoms with Crippen molar-refractivity contribution in [2.75, 3.05) is 6.54 Å². The largest absolute Gasteiger partial charge is 0.341 e. The van der Waals surface area contributed by atoms with E-state index in [1.165, 1.54) is 10.5 Å². The molecule has 5 rings (SSSR count). The summed E-state index contributed by atoms with van der Waals surface area (Å²) in [5, 5.41) is 6.62. The van der Waals surface area contributed by atoms with Crippen molar-refractivity contribution in [2.45, 2.75) is 31.2 Å². The molecule has 0 spiro atoms. The average Bonchev–Trinajstić information content (AvgIpc) is 3.38. The molecule has 1 aromatic heterocycles. The molecule has 4 nitrogen and oxygen atoms in total. The Morgan fingerprint density at radius 1 is 1.14 bits per heavy atom. The summed E-state index contributed by atoms with van der Waals surface area (Å²) in [5.74, 6) is 1.01. The molecule has 28 heavy (non-hydrogen) atoms. The number of aromatic nitrogens is 2. The Kier molecular flexibility index (Phi) is 4.79. The van der Waals surface area contributed by atoms with Crippen molar-refractivity contribution in [3.05, 3.63) is 70.1 Å². The summed E-state index contributed by atoms with van der Waals surface area (Å²) >= 11 is 14.2. The summed E-state index contributed by atoms with van der Waals surface area (Å²) in [7, 11) is 0. The number of hydrazine groups is 1. The van der Waals surface area contributed by atoms with Crippen molar-refractivity contribution < 1.29 is 0 Å². The number of fused-ring (bicyclic) bond motifs is 1. The van der Waals surface area contributed by atoms with Gasteiger partial charge in [-0.25, -0.2) is 9.99 Å². The lowest BCUT2D eigenvalue weighted by molar-refractivity contribution is 0.00255. The normalized spacial score (nSPS) is 23.0. The second kappa shape index (κ2) is 7.30. The molecule has 1 fully saturated rings. The number of halogens is 2. The second-order valence-corrected chi connectivity index (χ2v) is 9.44. The first-order valence-electron chi connectivity index (χ1n) is 9.43. The van der Waals surface area contributed by atoms with Crippen LogP contribution in [-0.4, -0.2) is 31.9 Å². The van der Waals surface area contributed by atoms with Crippen LogP contribution in [0, 0.1) is 0 Å². The molecular formula is C21H20Cl2N4S. The summed E-state index contributed by atoms with van der Waals surface area (Å²) in [6.07, 6.45) is 4.48. The smallest absolute Gasteiger partial charge is 0.126 e. The molecule has 1 saturated heterocycles. The highest BCUT2D eigenvalue weighted by Gasteiger charge is 2.36. The maximum Gasteiger partial charge on any atom is 0.126 e. The van der Waals surface area contributed by atoms with E-state index in [1.54, 1.807) is 0 Å². The van der Waals surface area contributed by atoms with Crippen LogP contribution in [0.15, 0.2) is 48.7 Å². The van der Waals surface area contributed by atoms with Crippen LogP contribution in [0.1, 0.15) is 37.2 Å². The molecule has 2 aromatic carbocycles. The fourth-order valence-electron chi connectivity index (χ4n) is 4.03. The van der Waals surface area contributed by atoms with Crippen molar-refractivity contribution in [1.29, 1.82) is 0 Å². The van der Waals surface area contributed by atoms with Crippen molar-refractivity contribution in [2.24, 2.45) is 0 Å². The monoisotopic (exact) mass is 430 g/mol. The van der Waals surface area contributed by atoms with Crippen LogP contribution in [0.25, 0.3) is 15.9 Å². The average molecular weight is 431 g/mol. The molecule has 144 valence electrons. The molecule has 3 aromatic rings. The number of aromatic amines is 1. The van der Waals surface area contributed by atoms with Crippen LogP contribution in [0.4, 0.5) is 0 Å². The van der Waals surface area contributed by atoms with Gasteiger partial charge in [0.25, 0.3) is 0 Å². The molecule has 0 aliphatic carbocycles. The van der Waals surface area contributed by atoms with Gasteiger partial charge < -0.3 is 4.98 Å². The molecule has 1 unspecified atom stereocenters. The zero-order valence-electron chi connectivity index (χ0n) is 15.4. The van der Waals surface area contributed by atoms with E-state index in [0.717, 1.165) is 46.3 Å². The molecule has 2 aliphatic heterocycles. The summed E-state index contributed by atoms with van der Waals surface area (Å²) in [5.41, 5.74) is 3.12. The number of hydrogen-bond acceptors (Lipinski definition) is 4. The van der Waals surface area contributed by atoms with E-state index in [2.05, 4.69) is 34.2 Å². The number of benzene rings is 2. The van der Waals surface area contributed by atoms with Crippen molar-refractivity contribution in [3.8, 4) is 0 Å². The molecule has 0 saturated carbocycles. The fourth-order valence-corrected chi connectivity index (χ4v) is 5.48. The van der Waals surface area contributed by atoms with Gasteiger partial charge in [0.2, 0.25) is 0 Å². The van der Waals surface area contributed by atoms with Gasteiger partial charge in [-0.1, -0.05) is 47.1 Å². The van der Waals surface area contributed by atoms with E-state index < -0.39 is 0 Å². The van der Waals surface area contributed by atoms with Crippen LogP contribution >= 0.6 is 35.0 Å². The highest BCUT2D eigenvalue weighted by molar-refractivity contribution is 8.09. The topological polar surface area (TPSA) is 35.2 Å². The lowest BCUT2D eigenvalue weighted by atomic mass is 10.2. The molecule has 3 heterocycles. The SMILES string of the molecule is CC1SC(c2cccc(Cl)c2)=CN1N1CCC[C@H]1c1nc2ccc(Cl)cc2[nH]1. The second-order valence-electron chi connectivity index (χ2n) is 7.21. The maximum absolute atomic E-state index is 6.19. The third-order valence-corrected chi connectivity index (χ3v) is 6.95. The minimum absolute atomic E-state index is 0.240. The number of thioether (sulfide) groups is 1. The Bertz CT molecular complexity index is 1060. The quantitative estimate of drug-likeness (QED) is 0.527. The first kappa shape index (κ1) is 18.4. The number of rotatable bonds is 3. The van der Waals surface area contributed by atoms with Crippen molar-refractivity contribution >= 4 is 50.9 Å². The van der Waals surface area contributed by atoms with E-state index in [9.17, 15) is 0 Å². The molecule has 1 N–H and O–H groups in total. The fraction of sp³-hybridized carbons (Fsp3) is 0.286. The van der Waals surface area contributed by atoms with Crippen LogP contribution in [0.3, 0.4) is 0 Å². The molecule has 2 aliphatic rings. The Labute approximate surface area is 178 Å². The predicted octanol–water partition coefficient (Wildman–Crippen LogP) is 6.32. The number of H-pyrrole nitrogens is 1. The summed E-state index contributed by atoms with van der Waals surface area (Å²) in [6, 6.07) is 14.1. The minimum atomic E-state index is 0.240. The lowest BCUT2D eigenvalue weighted by Crippen LogP contribution is -2.41. The minimum Gasteiger partial charge on any atom is -0.341 e. The van der Waals surface area contributed by atoms with Gasteiger partial charge in [-0.05, 0) is 55.7 Å². The van der Waals surface area contributed by atoms with E-state index in [4.69, 9.17) is 28.2 Å². The summed E-state index contributed by atoms with van der Waals surface area (Å²) in [6.45, 7) is 3.26. The van der Waals surface area contributed by atoms with Gasteiger partial charge in [-0.15, -0.1) is 0 Å². The standard InChI is InChI=1S/C21H20Cl2N4S/c1-13-27(12-20(28-13)14-4-2-5-15(22)10-14)26-9-3-6-19(26)21-24-17-8-7-16(23)11-18(17)25-21/h2,4-5,7-8,10-13,19H,3,6,9H2,1H3,(H,24,25)/t13?,19-/m0/s1. The van der Waals surface area contributed by atoms with Crippen molar-refractivity contribution in [1.82, 2.24) is 20.0 Å². The Morgan fingerprint density at radius 3 is 2.86 bits per heavy atom. The van der Waals surface area contributed by atoms with E-state index in [0.29, 0.717) is 5.37 Å². The van der Waals surface area contributed by atoms with Crippen LogP contribution in [0.5, 0.6) is 0 Å². The van der Waals surface area contributed by atoms with E-state index >= 15 is 0 Å². The maximum atomic E-state index is 6.19. The van der Waals surface area contributed by atoms with Gasteiger partial charge in [0, 0.05) is 27.7 Å². The number of imidazole rings is 1. The van der Waals surface area contributed by atoms with E-state index in [1.807, 2.05) is 48.2 Å². The summed E-state index contributed by atoms with van der Waals surface area (Å²) < 4.78 is 0. The van der Waals surface area contributed by atoms with Gasteiger partial charge in [0.15, 0.2) is 0 Å². The Hall–Kier alpha value is -1.66. The molecular weight excluding hydrogens is 411 g/mol. The van der Waals surface area contributed by atoms with Gasteiger partial charge in [-0.2, -0.15) is 0 Å². The Morgan fingerprint density at radius 2 is 2.00 bits per heavy atom. The Balaban J connectivity index is 1.45. The lowest BCUT2D eigenvalue weighted by Gasteiger charge is -2.35. The predicted molar refractivity (Wildman–Crippen MR) is 118 cm³/mol. The van der Waals surface area contributed by atoms with Crippen LogP contribution in [0.2, 0.25) is 10.0 Å². The zero-order chi connectivity index (χ0) is 19.3. The first-order valence-corrected chi connectivity index (χ1v) is 11.1. The summed E-state index contributed by atoms with van der Waals surface area (Å²) in [4.78, 5) is 9.58. The van der Waals surface area contributed by atoms with E-state index in [-0.39, 0.29) is 6.04 Å². The zero-order valence-corrected chi connectivity index (χ0v) is 17.7. The molecule has 0 radical (unpaired) electrons. The third-order valence-electron chi connectivity index (χ3n) is 5.33. The molecule has 0 amide bonds. The van der Waals surface area contributed by atoms with Crippen LogP contribution < -0.4 is 0 Å². The number of nitrogens with zero attached hydrogens (tertiary/aromatic N) is 3. The van der Waals surface area contributed by atoms with Gasteiger partial charge >= 0.3 is 0 Å². The molecule has 7 heteroatoms. The third kappa shape index (κ3) is 3.30.